The lowest BCUT2D eigenvalue weighted by molar-refractivity contribution is 0.397. The molecule has 0 saturated heterocycles. The molecule has 2 aromatic rings. The Morgan fingerprint density at radius 1 is 1.25 bits per heavy atom. The molecule has 1 aromatic carbocycles. The fourth-order valence-corrected chi connectivity index (χ4v) is 2.83. The SMILES string of the molecule is COc1cc(CNS(=O)(=O)c2ccc(Br)cc2)ccn1. The first-order chi connectivity index (χ1) is 9.51. The molecule has 0 aliphatic rings. The smallest absolute Gasteiger partial charge is 0.240 e. The maximum absolute atomic E-state index is 12.1. The Bertz CT molecular complexity index is 687. The molecule has 0 radical (unpaired) electrons. The normalized spacial score (nSPS) is 11.3. The molecule has 1 aromatic heterocycles. The summed E-state index contributed by atoms with van der Waals surface area (Å²) in [7, 11) is -2.01. The van der Waals surface area contributed by atoms with Crippen LogP contribution in [-0.4, -0.2) is 20.5 Å². The Morgan fingerprint density at radius 3 is 2.60 bits per heavy atom. The van der Waals surface area contributed by atoms with Gasteiger partial charge in [0.05, 0.1) is 12.0 Å². The number of nitrogens with one attached hydrogen (secondary N) is 1. The van der Waals surface area contributed by atoms with Crippen molar-refractivity contribution in [2.45, 2.75) is 11.4 Å². The second kappa shape index (κ2) is 6.34. The first kappa shape index (κ1) is 15.0. The van der Waals surface area contributed by atoms with Crippen LogP contribution in [0.15, 0.2) is 52.0 Å². The molecular formula is C13H13BrN2O3S. The van der Waals surface area contributed by atoms with E-state index < -0.39 is 10.0 Å². The fraction of sp³-hybridized carbons (Fsp3) is 0.154. The van der Waals surface area contributed by atoms with Gasteiger partial charge in [-0.15, -0.1) is 0 Å². The Labute approximate surface area is 126 Å². The second-order valence-corrected chi connectivity index (χ2v) is 6.67. The van der Waals surface area contributed by atoms with E-state index in [0.717, 1.165) is 10.0 Å². The highest BCUT2D eigenvalue weighted by Gasteiger charge is 2.13. The molecule has 0 spiro atoms. The summed E-state index contributed by atoms with van der Waals surface area (Å²) in [5.74, 6) is 0.449. The molecule has 1 heterocycles. The molecular weight excluding hydrogens is 344 g/mol. The number of aromatic nitrogens is 1. The van der Waals surface area contributed by atoms with Gasteiger partial charge in [-0.25, -0.2) is 18.1 Å². The van der Waals surface area contributed by atoms with Crippen LogP contribution >= 0.6 is 15.9 Å². The van der Waals surface area contributed by atoms with Gasteiger partial charge < -0.3 is 4.74 Å². The fourth-order valence-electron chi connectivity index (χ4n) is 1.55. The van der Waals surface area contributed by atoms with Crippen LogP contribution in [0.1, 0.15) is 5.56 Å². The summed E-state index contributed by atoms with van der Waals surface area (Å²) in [6.45, 7) is 0.178. The number of halogens is 1. The van der Waals surface area contributed by atoms with Crippen molar-refractivity contribution in [3.63, 3.8) is 0 Å². The summed E-state index contributed by atoms with van der Waals surface area (Å²) in [6, 6.07) is 9.86. The van der Waals surface area contributed by atoms with Crippen molar-refractivity contribution >= 4 is 26.0 Å². The molecule has 0 unspecified atom stereocenters. The van der Waals surface area contributed by atoms with Gasteiger partial charge in [-0.1, -0.05) is 15.9 Å². The van der Waals surface area contributed by atoms with Gasteiger partial charge in [-0.3, -0.25) is 0 Å². The lowest BCUT2D eigenvalue weighted by atomic mass is 10.3. The first-order valence-corrected chi connectivity index (χ1v) is 8.03. The minimum atomic E-state index is -3.53. The number of ether oxygens (including phenoxy) is 1. The number of nitrogens with zero attached hydrogens (tertiary/aromatic N) is 1. The number of sulfonamides is 1. The molecule has 0 fully saturated rings. The number of methoxy groups -OCH3 is 1. The average Bonchev–Trinajstić information content (AvgIpc) is 2.46. The highest BCUT2D eigenvalue weighted by atomic mass is 79.9. The summed E-state index contributed by atoms with van der Waals surface area (Å²) in [6.07, 6.45) is 1.57. The van der Waals surface area contributed by atoms with E-state index in [0.29, 0.717) is 5.88 Å². The number of hydrogen-bond acceptors (Lipinski definition) is 4. The van der Waals surface area contributed by atoms with Gasteiger partial charge in [0, 0.05) is 23.3 Å². The van der Waals surface area contributed by atoms with Gasteiger partial charge in [0.15, 0.2) is 0 Å². The summed E-state index contributed by atoms with van der Waals surface area (Å²) in [4.78, 5) is 4.19. The third-order valence-electron chi connectivity index (χ3n) is 2.60. The van der Waals surface area contributed by atoms with Gasteiger partial charge >= 0.3 is 0 Å². The quantitative estimate of drug-likeness (QED) is 0.892. The van der Waals surface area contributed by atoms with Crippen molar-refractivity contribution in [2.24, 2.45) is 0 Å². The van der Waals surface area contributed by atoms with Crippen LogP contribution in [0.3, 0.4) is 0 Å². The summed E-state index contributed by atoms with van der Waals surface area (Å²) in [5, 5.41) is 0. The third-order valence-corrected chi connectivity index (χ3v) is 4.54. The molecule has 2 rings (SSSR count). The molecule has 0 aliphatic carbocycles. The third kappa shape index (κ3) is 3.78. The summed E-state index contributed by atoms with van der Waals surface area (Å²) >= 11 is 3.27. The van der Waals surface area contributed by atoms with Gasteiger partial charge in [0.25, 0.3) is 0 Å². The number of rotatable bonds is 5. The zero-order valence-electron chi connectivity index (χ0n) is 10.7. The molecule has 20 heavy (non-hydrogen) atoms. The highest BCUT2D eigenvalue weighted by molar-refractivity contribution is 9.10. The van der Waals surface area contributed by atoms with Crippen LogP contribution in [0.4, 0.5) is 0 Å². The van der Waals surface area contributed by atoms with Crippen LogP contribution in [0.25, 0.3) is 0 Å². The Hall–Kier alpha value is -1.44. The van der Waals surface area contributed by atoms with Crippen molar-refractivity contribution in [3.8, 4) is 5.88 Å². The van der Waals surface area contributed by atoms with Crippen molar-refractivity contribution < 1.29 is 13.2 Å². The first-order valence-electron chi connectivity index (χ1n) is 5.75. The van der Waals surface area contributed by atoms with Crippen molar-refractivity contribution in [2.75, 3.05) is 7.11 Å². The van der Waals surface area contributed by atoms with E-state index in [4.69, 9.17) is 4.74 Å². The van der Waals surface area contributed by atoms with Crippen LogP contribution in [0.2, 0.25) is 0 Å². The topological polar surface area (TPSA) is 68.3 Å². The molecule has 5 nitrogen and oxygen atoms in total. The van der Waals surface area contributed by atoms with Gasteiger partial charge in [0.1, 0.15) is 0 Å². The maximum Gasteiger partial charge on any atom is 0.240 e. The minimum absolute atomic E-state index is 0.178. The van der Waals surface area contributed by atoms with Gasteiger partial charge in [0.2, 0.25) is 15.9 Å². The Balaban J connectivity index is 2.10. The monoisotopic (exact) mass is 356 g/mol. The molecule has 0 saturated carbocycles. The molecule has 106 valence electrons. The zero-order chi connectivity index (χ0) is 14.6. The molecule has 0 bridgehead atoms. The molecule has 0 aliphatic heterocycles. The average molecular weight is 357 g/mol. The van der Waals surface area contributed by atoms with E-state index in [9.17, 15) is 8.42 Å². The highest BCUT2D eigenvalue weighted by Crippen LogP contribution is 2.15. The van der Waals surface area contributed by atoms with E-state index in [1.54, 1.807) is 42.6 Å². The predicted molar refractivity (Wildman–Crippen MR) is 79.0 cm³/mol. The van der Waals surface area contributed by atoms with E-state index in [2.05, 4.69) is 25.6 Å². The Kier molecular flexibility index (Phi) is 4.74. The molecule has 0 atom stereocenters. The minimum Gasteiger partial charge on any atom is -0.481 e. The van der Waals surface area contributed by atoms with E-state index >= 15 is 0 Å². The van der Waals surface area contributed by atoms with Crippen LogP contribution < -0.4 is 9.46 Å². The zero-order valence-corrected chi connectivity index (χ0v) is 13.1. The van der Waals surface area contributed by atoms with Gasteiger partial charge in [-0.05, 0) is 35.9 Å². The van der Waals surface area contributed by atoms with Crippen LogP contribution in [-0.2, 0) is 16.6 Å². The Morgan fingerprint density at radius 2 is 1.95 bits per heavy atom. The standard InChI is InChI=1S/C13H13BrN2O3S/c1-19-13-8-10(6-7-15-13)9-16-20(17,18)12-4-2-11(14)3-5-12/h2-8,16H,9H2,1H3. The largest absolute Gasteiger partial charge is 0.481 e. The van der Waals surface area contributed by atoms with Crippen LogP contribution in [0.5, 0.6) is 5.88 Å². The maximum atomic E-state index is 12.1. The van der Waals surface area contributed by atoms with E-state index in [-0.39, 0.29) is 11.4 Å². The summed E-state index contributed by atoms with van der Waals surface area (Å²) in [5.41, 5.74) is 0.775. The summed E-state index contributed by atoms with van der Waals surface area (Å²) < 4.78 is 32.6. The van der Waals surface area contributed by atoms with Crippen molar-refractivity contribution in [3.05, 3.63) is 52.6 Å². The van der Waals surface area contributed by atoms with Crippen LogP contribution in [0, 0.1) is 0 Å². The lowest BCUT2D eigenvalue weighted by Gasteiger charge is -2.07. The number of pyridine rings is 1. The number of hydrogen-bond donors (Lipinski definition) is 1. The van der Waals surface area contributed by atoms with E-state index in [1.165, 1.54) is 7.11 Å². The molecule has 0 amide bonds. The molecule has 7 heteroatoms. The van der Waals surface area contributed by atoms with Gasteiger partial charge in [-0.2, -0.15) is 0 Å². The second-order valence-electron chi connectivity index (χ2n) is 3.98. The van der Waals surface area contributed by atoms with Crippen molar-refractivity contribution in [1.82, 2.24) is 9.71 Å². The molecule has 1 N–H and O–H groups in total. The predicted octanol–water partition coefficient (Wildman–Crippen LogP) is 2.33. The number of benzene rings is 1. The lowest BCUT2D eigenvalue weighted by Crippen LogP contribution is -2.23. The van der Waals surface area contributed by atoms with E-state index in [1.807, 2.05) is 0 Å². The van der Waals surface area contributed by atoms with Crippen molar-refractivity contribution in [1.29, 1.82) is 0 Å².